The van der Waals surface area contributed by atoms with Gasteiger partial charge in [0.25, 0.3) is 10.0 Å². The van der Waals surface area contributed by atoms with E-state index in [9.17, 15) is 12.8 Å². The molecule has 0 atom stereocenters. The predicted molar refractivity (Wildman–Crippen MR) is 67.8 cm³/mol. The summed E-state index contributed by atoms with van der Waals surface area (Å²) in [7, 11) is -2.56. The Balaban J connectivity index is 2.32. The molecule has 2 aromatic rings. The first kappa shape index (κ1) is 13.7. The van der Waals surface area contributed by atoms with Gasteiger partial charge < -0.3 is 4.74 Å². The van der Waals surface area contributed by atoms with Gasteiger partial charge in [-0.3, -0.25) is 0 Å². The number of methoxy groups -OCH3 is 1. The second kappa shape index (κ2) is 5.13. The number of ether oxygens (including phenoxy) is 1. The molecule has 0 aliphatic rings. The molecule has 0 unspecified atom stereocenters. The highest BCUT2D eigenvalue weighted by Crippen LogP contribution is 2.24. The van der Waals surface area contributed by atoms with Crippen LogP contribution in [0.4, 0.5) is 10.3 Å². The number of anilines is 1. The van der Waals surface area contributed by atoms with Gasteiger partial charge in [0.2, 0.25) is 5.95 Å². The monoisotopic (exact) mass is 350 g/mol. The van der Waals surface area contributed by atoms with E-state index in [0.29, 0.717) is 0 Å². The quantitative estimate of drug-likeness (QED) is 0.871. The summed E-state index contributed by atoms with van der Waals surface area (Å²) in [4.78, 5) is 3.60. The SMILES string of the molecule is COc1n[nH]c(NS(=O)(=O)c2ccc(F)cc2Br)n1. The predicted octanol–water partition coefficient (Wildman–Crippen LogP) is 1.52. The molecular formula is C9H8BrFN4O3S. The second-order valence-electron chi connectivity index (χ2n) is 3.35. The number of halogens is 2. The molecule has 1 aromatic heterocycles. The molecule has 1 aromatic carbocycles. The van der Waals surface area contributed by atoms with E-state index < -0.39 is 15.8 Å². The van der Waals surface area contributed by atoms with Crippen LogP contribution in [-0.4, -0.2) is 30.7 Å². The molecule has 0 bridgehead atoms. The molecule has 102 valence electrons. The minimum atomic E-state index is -3.91. The molecule has 0 aliphatic heterocycles. The number of H-pyrrole nitrogens is 1. The normalized spacial score (nSPS) is 11.3. The van der Waals surface area contributed by atoms with Gasteiger partial charge >= 0.3 is 6.01 Å². The topological polar surface area (TPSA) is 97.0 Å². The first-order valence-electron chi connectivity index (χ1n) is 4.86. The van der Waals surface area contributed by atoms with Gasteiger partial charge in [0.1, 0.15) is 10.7 Å². The Morgan fingerprint density at radius 1 is 1.47 bits per heavy atom. The van der Waals surface area contributed by atoms with Crippen LogP contribution in [-0.2, 0) is 10.0 Å². The highest BCUT2D eigenvalue weighted by atomic mass is 79.9. The van der Waals surface area contributed by atoms with E-state index in [-0.39, 0.29) is 21.3 Å². The van der Waals surface area contributed by atoms with E-state index in [4.69, 9.17) is 4.74 Å². The van der Waals surface area contributed by atoms with E-state index in [0.717, 1.165) is 18.2 Å². The van der Waals surface area contributed by atoms with Crippen molar-refractivity contribution < 1.29 is 17.5 Å². The maximum absolute atomic E-state index is 12.9. The van der Waals surface area contributed by atoms with E-state index in [1.807, 2.05) is 0 Å². The molecule has 0 saturated heterocycles. The van der Waals surface area contributed by atoms with Gasteiger partial charge in [-0.05, 0) is 34.1 Å². The molecule has 0 saturated carbocycles. The fraction of sp³-hybridized carbons (Fsp3) is 0.111. The van der Waals surface area contributed by atoms with Gasteiger partial charge in [-0.15, -0.1) is 5.10 Å². The maximum atomic E-state index is 12.9. The summed E-state index contributed by atoms with van der Waals surface area (Å²) in [6.07, 6.45) is 0. The molecular weight excluding hydrogens is 343 g/mol. The number of nitrogens with zero attached hydrogens (tertiary/aromatic N) is 2. The van der Waals surface area contributed by atoms with Crippen LogP contribution >= 0.6 is 15.9 Å². The lowest BCUT2D eigenvalue weighted by Gasteiger charge is -2.06. The molecule has 1 heterocycles. The largest absolute Gasteiger partial charge is 0.466 e. The summed E-state index contributed by atoms with van der Waals surface area (Å²) in [5.41, 5.74) is 0. The third-order valence-electron chi connectivity index (χ3n) is 2.06. The van der Waals surface area contributed by atoms with Crippen LogP contribution in [0, 0.1) is 5.82 Å². The van der Waals surface area contributed by atoms with Crippen molar-refractivity contribution in [3.63, 3.8) is 0 Å². The Morgan fingerprint density at radius 3 is 2.79 bits per heavy atom. The van der Waals surface area contributed by atoms with E-state index in [2.05, 4.69) is 35.8 Å². The minimum absolute atomic E-state index is 0.00382. The van der Waals surface area contributed by atoms with E-state index in [1.165, 1.54) is 7.11 Å². The minimum Gasteiger partial charge on any atom is -0.466 e. The van der Waals surface area contributed by atoms with Crippen molar-refractivity contribution in [2.45, 2.75) is 4.90 Å². The van der Waals surface area contributed by atoms with E-state index >= 15 is 0 Å². The van der Waals surface area contributed by atoms with Crippen LogP contribution in [0.15, 0.2) is 27.6 Å². The van der Waals surface area contributed by atoms with Crippen molar-refractivity contribution in [2.24, 2.45) is 0 Å². The summed E-state index contributed by atoms with van der Waals surface area (Å²) < 4.78 is 44.0. The third-order valence-corrected chi connectivity index (χ3v) is 4.38. The summed E-state index contributed by atoms with van der Waals surface area (Å²) in [6.45, 7) is 0. The Labute approximate surface area is 116 Å². The molecule has 0 amide bonds. The van der Waals surface area contributed by atoms with Crippen molar-refractivity contribution in [2.75, 3.05) is 11.8 Å². The lowest BCUT2D eigenvalue weighted by Crippen LogP contribution is -2.14. The number of aromatic amines is 1. The highest BCUT2D eigenvalue weighted by Gasteiger charge is 2.20. The first-order valence-corrected chi connectivity index (χ1v) is 7.14. The maximum Gasteiger partial charge on any atom is 0.336 e. The molecule has 7 nitrogen and oxygen atoms in total. The number of sulfonamides is 1. The highest BCUT2D eigenvalue weighted by molar-refractivity contribution is 9.10. The van der Waals surface area contributed by atoms with Crippen LogP contribution in [0.1, 0.15) is 0 Å². The zero-order chi connectivity index (χ0) is 14.0. The van der Waals surface area contributed by atoms with Crippen LogP contribution in [0.2, 0.25) is 0 Å². The Morgan fingerprint density at radius 2 is 2.21 bits per heavy atom. The standard InChI is InChI=1S/C9H8BrFN4O3S/c1-18-9-12-8(13-14-9)15-19(16,17)7-3-2-5(11)4-6(7)10/h2-4H,1H3,(H2,12,13,14,15). The molecule has 19 heavy (non-hydrogen) atoms. The van der Waals surface area contributed by atoms with Crippen molar-refractivity contribution >= 4 is 31.9 Å². The molecule has 2 N–H and O–H groups in total. The van der Waals surface area contributed by atoms with Gasteiger partial charge in [-0.2, -0.15) is 4.98 Å². The van der Waals surface area contributed by atoms with Crippen LogP contribution in [0.5, 0.6) is 6.01 Å². The second-order valence-corrected chi connectivity index (χ2v) is 5.86. The van der Waals surface area contributed by atoms with Gasteiger partial charge in [0, 0.05) is 4.47 Å². The van der Waals surface area contributed by atoms with Crippen molar-refractivity contribution in [3.8, 4) is 6.01 Å². The fourth-order valence-corrected chi connectivity index (χ4v) is 3.27. The lowest BCUT2D eigenvalue weighted by molar-refractivity contribution is 0.382. The van der Waals surface area contributed by atoms with E-state index in [1.54, 1.807) is 0 Å². The van der Waals surface area contributed by atoms with Crippen LogP contribution in [0.3, 0.4) is 0 Å². The Bertz CT molecular complexity index is 703. The first-order chi connectivity index (χ1) is 8.92. The van der Waals surface area contributed by atoms with Crippen molar-refractivity contribution in [3.05, 3.63) is 28.5 Å². The van der Waals surface area contributed by atoms with Gasteiger partial charge in [-0.25, -0.2) is 22.6 Å². The average molecular weight is 351 g/mol. The number of benzene rings is 1. The third kappa shape index (κ3) is 3.01. The zero-order valence-corrected chi connectivity index (χ0v) is 11.9. The number of rotatable bonds is 4. The molecule has 2 rings (SSSR count). The zero-order valence-electron chi connectivity index (χ0n) is 9.52. The van der Waals surface area contributed by atoms with Crippen LogP contribution in [0.25, 0.3) is 0 Å². The number of hydrogen-bond donors (Lipinski definition) is 2. The van der Waals surface area contributed by atoms with Gasteiger partial charge in [-0.1, -0.05) is 0 Å². The van der Waals surface area contributed by atoms with Gasteiger partial charge in [0.05, 0.1) is 7.11 Å². The molecule has 0 fully saturated rings. The number of nitrogens with one attached hydrogen (secondary N) is 2. The smallest absolute Gasteiger partial charge is 0.336 e. The molecule has 0 aliphatic carbocycles. The van der Waals surface area contributed by atoms with Crippen molar-refractivity contribution in [1.29, 1.82) is 0 Å². The Hall–Kier alpha value is -1.68. The van der Waals surface area contributed by atoms with Crippen molar-refractivity contribution in [1.82, 2.24) is 15.2 Å². The van der Waals surface area contributed by atoms with Crippen LogP contribution < -0.4 is 9.46 Å². The molecule has 10 heteroatoms. The Kier molecular flexibility index (Phi) is 3.71. The fourth-order valence-electron chi connectivity index (χ4n) is 1.26. The molecule has 0 radical (unpaired) electrons. The summed E-state index contributed by atoms with van der Waals surface area (Å²) in [6, 6.07) is 3.22. The molecule has 0 spiro atoms. The summed E-state index contributed by atoms with van der Waals surface area (Å²) in [5.74, 6) is -0.653. The van der Waals surface area contributed by atoms with Gasteiger partial charge in [0.15, 0.2) is 0 Å². The number of hydrogen-bond acceptors (Lipinski definition) is 5. The lowest BCUT2D eigenvalue weighted by atomic mass is 10.3. The number of aromatic nitrogens is 3. The summed E-state index contributed by atoms with van der Waals surface area (Å²) in [5, 5.41) is 5.94. The average Bonchev–Trinajstić information content (AvgIpc) is 2.75. The summed E-state index contributed by atoms with van der Waals surface area (Å²) >= 11 is 2.99.